The lowest BCUT2D eigenvalue weighted by atomic mass is 10.1. The molecule has 2 heterocycles. The molecule has 4 rings (SSSR count). The van der Waals surface area contributed by atoms with Gasteiger partial charge in [0.2, 0.25) is 0 Å². The van der Waals surface area contributed by atoms with Crippen LogP contribution in [0.2, 0.25) is 0 Å². The van der Waals surface area contributed by atoms with Gasteiger partial charge in [-0.2, -0.15) is 0 Å². The Morgan fingerprint density at radius 3 is 1.57 bits per heavy atom. The van der Waals surface area contributed by atoms with Crippen molar-refractivity contribution in [3.8, 4) is 0 Å². The topological polar surface area (TPSA) is 43.2 Å². The molecule has 0 fully saturated rings. The van der Waals surface area contributed by atoms with Crippen LogP contribution in [-0.4, -0.2) is 25.0 Å². The van der Waals surface area contributed by atoms with E-state index in [1.54, 1.807) is 0 Å². The van der Waals surface area contributed by atoms with Gasteiger partial charge in [-0.05, 0) is 11.1 Å². The summed E-state index contributed by atoms with van der Waals surface area (Å²) in [6, 6.07) is 20.6. The van der Waals surface area contributed by atoms with E-state index in [9.17, 15) is 0 Å². The van der Waals surface area contributed by atoms with Crippen molar-refractivity contribution in [1.29, 1.82) is 0 Å². The lowest BCUT2D eigenvalue weighted by molar-refractivity contribution is 0.300. The van der Waals surface area contributed by atoms with Gasteiger partial charge < -0.3 is 9.47 Å². The fourth-order valence-electron chi connectivity index (χ4n) is 2.86. The van der Waals surface area contributed by atoms with Crippen molar-refractivity contribution in [2.75, 3.05) is 13.2 Å². The van der Waals surface area contributed by atoms with Crippen LogP contribution in [0, 0.1) is 0 Å². The van der Waals surface area contributed by atoms with E-state index >= 15 is 0 Å². The highest BCUT2D eigenvalue weighted by Gasteiger charge is 2.26. The lowest BCUT2D eigenvalue weighted by Gasteiger charge is -2.03. The quantitative estimate of drug-likeness (QED) is 0.864. The van der Waals surface area contributed by atoms with E-state index in [0.717, 1.165) is 0 Å². The Morgan fingerprint density at radius 1 is 0.696 bits per heavy atom. The second kappa shape index (κ2) is 6.24. The van der Waals surface area contributed by atoms with E-state index in [1.807, 2.05) is 36.4 Å². The third-order valence-corrected chi connectivity index (χ3v) is 4.09. The number of hydrogen-bond donors (Lipinski definition) is 0. The monoisotopic (exact) mass is 306 g/mol. The van der Waals surface area contributed by atoms with Crippen LogP contribution in [0.4, 0.5) is 0 Å². The highest BCUT2D eigenvalue weighted by Crippen LogP contribution is 2.26. The van der Waals surface area contributed by atoms with Crippen LogP contribution in [0.5, 0.6) is 0 Å². The maximum atomic E-state index is 5.71. The van der Waals surface area contributed by atoms with E-state index in [0.29, 0.717) is 31.4 Å². The third kappa shape index (κ3) is 3.11. The van der Waals surface area contributed by atoms with Crippen molar-refractivity contribution in [1.82, 2.24) is 0 Å². The van der Waals surface area contributed by atoms with E-state index in [2.05, 4.69) is 34.3 Å². The van der Waals surface area contributed by atoms with Gasteiger partial charge in [-0.3, -0.25) is 0 Å². The molecule has 116 valence electrons. The molecule has 2 aromatic carbocycles. The Morgan fingerprint density at radius 2 is 1.13 bits per heavy atom. The van der Waals surface area contributed by atoms with Gasteiger partial charge in [-0.25, -0.2) is 9.98 Å². The van der Waals surface area contributed by atoms with Crippen LogP contribution in [-0.2, 0) is 9.47 Å². The summed E-state index contributed by atoms with van der Waals surface area (Å²) < 4.78 is 11.4. The second-order valence-electron chi connectivity index (χ2n) is 5.70. The van der Waals surface area contributed by atoms with Crippen LogP contribution in [0.25, 0.3) is 0 Å². The largest absolute Gasteiger partial charge is 0.478 e. The number of aliphatic imine (C=N–C) groups is 2. The Kier molecular flexibility index (Phi) is 3.80. The summed E-state index contributed by atoms with van der Waals surface area (Å²) in [7, 11) is 0. The first kappa shape index (κ1) is 14.0. The van der Waals surface area contributed by atoms with Crippen molar-refractivity contribution in [2.24, 2.45) is 9.98 Å². The molecule has 0 aromatic heterocycles. The summed E-state index contributed by atoms with van der Waals surface area (Å²) in [6.07, 6.45) is 0.534. The molecule has 4 heteroatoms. The van der Waals surface area contributed by atoms with Crippen LogP contribution in [0.15, 0.2) is 70.6 Å². The standard InChI is InChI=1S/C19H18N2O2/c1-3-7-14(8-4-1)16-12-22-18(20-16)11-19-21-17(13-23-19)15-9-5-2-6-10-15/h1-10,16-17H,11-13H2/t16-,17-/m0/s1. The van der Waals surface area contributed by atoms with Crippen molar-refractivity contribution >= 4 is 11.8 Å². The molecule has 0 N–H and O–H groups in total. The highest BCUT2D eigenvalue weighted by molar-refractivity contribution is 5.98. The molecular weight excluding hydrogens is 288 g/mol. The van der Waals surface area contributed by atoms with Gasteiger partial charge >= 0.3 is 0 Å². The molecule has 23 heavy (non-hydrogen) atoms. The molecule has 2 aliphatic heterocycles. The average molecular weight is 306 g/mol. The summed E-state index contributed by atoms with van der Waals surface area (Å²) in [6.45, 7) is 1.18. The molecule has 0 saturated heterocycles. The first-order chi connectivity index (χ1) is 11.4. The lowest BCUT2D eigenvalue weighted by Crippen LogP contribution is -2.08. The van der Waals surface area contributed by atoms with E-state index in [-0.39, 0.29) is 12.1 Å². The molecule has 0 unspecified atom stereocenters. The van der Waals surface area contributed by atoms with Gasteiger partial charge in [0.15, 0.2) is 11.8 Å². The fraction of sp³-hybridized carbons (Fsp3) is 0.263. The molecule has 4 nitrogen and oxygen atoms in total. The summed E-state index contributed by atoms with van der Waals surface area (Å²) in [5, 5.41) is 0. The first-order valence-corrected chi connectivity index (χ1v) is 7.87. The summed E-state index contributed by atoms with van der Waals surface area (Å²) in [4.78, 5) is 9.31. The molecule has 0 radical (unpaired) electrons. The Labute approximate surface area is 135 Å². The van der Waals surface area contributed by atoms with Gasteiger partial charge in [-0.15, -0.1) is 0 Å². The zero-order chi connectivity index (χ0) is 15.5. The number of nitrogens with zero attached hydrogens (tertiary/aromatic N) is 2. The number of benzene rings is 2. The summed E-state index contributed by atoms with van der Waals surface area (Å²) in [5.41, 5.74) is 2.36. The number of ether oxygens (including phenoxy) is 2. The maximum Gasteiger partial charge on any atom is 0.193 e. The fourth-order valence-corrected chi connectivity index (χ4v) is 2.86. The average Bonchev–Trinajstić information content (AvgIpc) is 3.27. The summed E-state index contributed by atoms with van der Waals surface area (Å²) >= 11 is 0. The Balaban J connectivity index is 1.43. The minimum absolute atomic E-state index is 0.0816. The van der Waals surface area contributed by atoms with E-state index in [4.69, 9.17) is 9.47 Å². The van der Waals surface area contributed by atoms with Gasteiger partial charge in [-0.1, -0.05) is 60.7 Å². The second-order valence-corrected chi connectivity index (χ2v) is 5.70. The van der Waals surface area contributed by atoms with Crippen LogP contribution in [0.1, 0.15) is 29.6 Å². The molecular formula is C19H18N2O2. The molecule has 2 atom stereocenters. The van der Waals surface area contributed by atoms with Crippen LogP contribution < -0.4 is 0 Å². The predicted molar refractivity (Wildman–Crippen MR) is 89.8 cm³/mol. The van der Waals surface area contributed by atoms with E-state index in [1.165, 1.54) is 11.1 Å². The highest BCUT2D eigenvalue weighted by atomic mass is 16.5. The van der Waals surface area contributed by atoms with Crippen molar-refractivity contribution < 1.29 is 9.47 Å². The van der Waals surface area contributed by atoms with Crippen molar-refractivity contribution in [2.45, 2.75) is 18.5 Å². The maximum absolute atomic E-state index is 5.71. The summed E-state index contributed by atoms with van der Waals surface area (Å²) in [5.74, 6) is 1.43. The predicted octanol–water partition coefficient (Wildman–Crippen LogP) is 3.72. The molecule has 0 amide bonds. The van der Waals surface area contributed by atoms with Gasteiger partial charge in [0, 0.05) is 0 Å². The van der Waals surface area contributed by atoms with Crippen LogP contribution in [0.3, 0.4) is 0 Å². The minimum atomic E-state index is 0.0816. The Hall–Kier alpha value is -2.62. The van der Waals surface area contributed by atoms with Gasteiger partial charge in [0.1, 0.15) is 25.3 Å². The third-order valence-electron chi connectivity index (χ3n) is 4.09. The smallest absolute Gasteiger partial charge is 0.193 e. The molecule has 0 spiro atoms. The van der Waals surface area contributed by atoms with Gasteiger partial charge in [0.05, 0.1) is 6.42 Å². The SMILES string of the molecule is c1ccc([C@@H]2COC(CC3=N[C@H](c4ccccc4)CO3)=N2)cc1. The normalized spacial score (nSPS) is 23.0. The molecule has 2 aromatic rings. The van der Waals surface area contributed by atoms with E-state index < -0.39 is 0 Å². The molecule has 0 saturated carbocycles. The van der Waals surface area contributed by atoms with Crippen LogP contribution >= 0.6 is 0 Å². The first-order valence-electron chi connectivity index (χ1n) is 7.87. The molecule has 0 aliphatic carbocycles. The van der Waals surface area contributed by atoms with Gasteiger partial charge in [0.25, 0.3) is 0 Å². The van der Waals surface area contributed by atoms with Crippen molar-refractivity contribution in [3.05, 3.63) is 71.8 Å². The number of hydrogen-bond acceptors (Lipinski definition) is 4. The zero-order valence-electron chi connectivity index (χ0n) is 12.8. The van der Waals surface area contributed by atoms with Crippen molar-refractivity contribution in [3.63, 3.8) is 0 Å². The number of rotatable bonds is 4. The zero-order valence-corrected chi connectivity index (χ0v) is 12.8. The Bertz CT molecular complexity index is 662. The molecule has 0 bridgehead atoms. The minimum Gasteiger partial charge on any atom is -0.478 e. The molecule has 2 aliphatic rings.